The number of nitriles is 2. The van der Waals surface area contributed by atoms with Gasteiger partial charge in [0.15, 0.2) is 5.82 Å². The highest BCUT2D eigenvalue weighted by Gasteiger charge is 2.20. The molecular weight excluding hydrogens is 408 g/mol. The second-order valence-electron chi connectivity index (χ2n) is 6.35. The molecule has 0 bridgehead atoms. The molecule has 4 rings (SSSR count). The van der Waals surface area contributed by atoms with Crippen LogP contribution in [-0.2, 0) is 0 Å². The number of benzene rings is 2. The molecule has 0 aliphatic rings. The third-order valence-corrected chi connectivity index (χ3v) is 5.66. The van der Waals surface area contributed by atoms with Crippen molar-refractivity contribution < 1.29 is 4.74 Å². The lowest BCUT2D eigenvalue weighted by Gasteiger charge is -2.08. The van der Waals surface area contributed by atoms with E-state index in [1.54, 1.807) is 30.5 Å². The van der Waals surface area contributed by atoms with Gasteiger partial charge in [-0.3, -0.25) is 5.43 Å². The van der Waals surface area contributed by atoms with Crippen LogP contribution in [0.25, 0.3) is 20.7 Å². The predicted molar refractivity (Wildman–Crippen MR) is 121 cm³/mol. The summed E-state index contributed by atoms with van der Waals surface area (Å²) in [6.07, 6.45) is 3.05. The summed E-state index contributed by atoms with van der Waals surface area (Å²) in [5.74, 6) is 1.23. The van der Waals surface area contributed by atoms with E-state index in [0.717, 1.165) is 26.5 Å². The summed E-state index contributed by atoms with van der Waals surface area (Å²) in [5.41, 5.74) is 6.26. The molecule has 1 N–H and O–H groups in total. The smallest absolute Gasteiger partial charge is 0.167 e. The predicted octanol–water partition coefficient (Wildman–Crippen LogP) is 4.95. The second-order valence-corrected chi connectivity index (χ2v) is 7.37. The van der Waals surface area contributed by atoms with Crippen LogP contribution >= 0.6 is 11.3 Å². The number of hydrogen-bond acceptors (Lipinski definition) is 8. The van der Waals surface area contributed by atoms with Crippen molar-refractivity contribution >= 4 is 33.6 Å². The van der Waals surface area contributed by atoms with Gasteiger partial charge in [-0.05, 0) is 36.8 Å². The van der Waals surface area contributed by atoms with Crippen LogP contribution in [-0.4, -0.2) is 22.8 Å². The number of hydrogen-bond donors (Lipinski definition) is 1. The van der Waals surface area contributed by atoms with Crippen molar-refractivity contribution in [2.24, 2.45) is 5.10 Å². The third kappa shape index (κ3) is 4.06. The fourth-order valence-corrected chi connectivity index (χ4v) is 4.20. The van der Waals surface area contributed by atoms with Crippen LogP contribution in [0.5, 0.6) is 5.75 Å². The van der Waals surface area contributed by atoms with Crippen LogP contribution in [0.3, 0.4) is 0 Å². The molecule has 0 atom stereocenters. The highest BCUT2D eigenvalue weighted by atomic mass is 32.1. The molecule has 0 amide bonds. The molecule has 0 radical (unpaired) electrons. The first-order valence-corrected chi connectivity index (χ1v) is 10.3. The number of nitrogens with one attached hydrogen (secondary N) is 1. The average molecular weight is 424 g/mol. The summed E-state index contributed by atoms with van der Waals surface area (Å²) in [4.78, 5) is 9.41. The Morgan fingerprint density at radius 3 is 2.65 bits per heavy atom. The van der Waals surface area contributed by atoms with E-state index in [2.05, 4.69) is 32.6 Å². The normalized spacial score (nSPS) is 10.7. The topological polar surface area (TPSA) is 107 Å². The molecule has 0 aliphatic carbocycles. The summed E-state index contributed by atoms with van der Waals surface area (Å²) < 4.78 is 6.48. The van der Waals surface area contributed by atoms with Gasteiger partial charge in [-0.15, -0.1) is 11.3 Å². The van der Waals surface area contributed by atoms with E-state index in [4.69, 9.17) is 10.00 Å². The van der Waals surface area contributed by atoms with E-state index in [-0.39, 0.29) is 0 Å². The second kappa shape index (κ2) is 9.04. The van der Waals surface area contributed by atoms with Crippen molar-refractivity contribution in [1.82, 2.24) is 9.97 Å². The monoisotopic (exact) mass is 424 g/mol. The van der Waals surface area contributed by atoms with E-state index >= 15 is 0 Å². The first kappa shape index (κ1) is 20.0. The molecule has 7 nitrogen and oxygen atoms in total. The molecule has 4 aromatic rings. The van der Waals surface area contributed by atoms with Crippen LogP contribution in [0.4, 0.5) is 5.82 Å². The van der Waals surface area contributed by atoms with Gasteiger partial charge in [0.1, 0.15) is 23.7 Å². The standard InChI is InChI=1S/C23H16N6OS/c1-2-30-19-6-4-3-5-17(19)21-18(12-25)20-22(31-21)23(27-14-26-20)29-28-13-16-9-7-15(11-24)8-10-16/h3-10,13-14H,2H2,1H3,(H,26,27,29). The number of rotatable bonds is 6. The fourth-order valence-electron chi connectivity index (χ4n) is 3.03. The van der Waals surface area contributed by atoms with Crippen LogP contribution < -0.4 is 10.2 Å². The van der Waals surface area contributed by atoms with Gasteiger partial charge in [-0.25, -0.2) is 9.97 Å². The highest BCUT2D eigenvalue weighted by Crippen LogP contribution is 2.43. The lowest BCUT2D eigenvalue weighted by atomic mass is 10.1. The Balaban J connectivity index is 1.71. The summed E-state index contributed by atoms with van der Waals surface area (Å²) in [7, 11) is 0. The van der Waals surface area contributed by atoms with Gasteiger partial charge in [-0.2, -0.15) is 15.6 Å². The molecule has 0 saturated carbocycles. The number of ether oxygens (including phenoxy) is 1. The van der Waals surface area contributed by atoms with E-state index in [0.29, 0.717) is 29.1 Å². The zero-order valence-corrected chi connectivity index (χ0v) is 17.3. The lowest BCUT2D eigenvalue weighted by molar-refractivity contribution is 0.341. The van der Waals surface area contributed by atoms with Gasteiger partial charge in [0, 0.05) is 5.56 Å². The molecule has 0 fully saturated rings. The Morgan fingerprint density at radius 2 is 1.90 bits per heavy atom. The van der Waals surface area contributed by atoms with E-state index in [9.17, 15) is 5.26 Å². The molecule has 2 heterocycles. The van der Waals surface area contributed by atoms with Crippen LogP contribution in [0.2, 0.25) is 0 Å². The van der Waals surface area contributed by atoms with Crippen molar-refractivity contribution in [1.29, 1.82) is 10.5 Å². The van der Waals surface area contributed by atoms with Crippen LogP contribution in [0, 0.1) is 22.7 Å². The minimum atomic E-state index is 0.480. The maximum Gasteiger partial charge on any atom is 0.167 e. The summed E-state index contributed by atoms with van der Waals surface area (Å²) in [6, 6.07) is 19.1. The Kier molecular flexibility index (Phi) is 5.84. The number of hydrazone groups is 1. The summed E-state index contributed by atoms with van der Waals surface area (Å²) >= 11 is 1.42. The van der Waals surface area contributed by atoms with Gasteiger partial charge in [0.2, 0.25) is 0 Å². The van der Waals surface area contributed by atoms with Crippen molar-refractivity contribution in [3.8, 4) is 28.3 Å². The first-order valence-electron chi connectivity index (χ1n) is 9.44. The molecule has 8 heteroatoms. The number of para-hydroxylation sites is 1. The van der Waals surface area contributed by atoms with E-state index in [1.165, 1.54) is 17.7 Å². The fraction of sp³-hybridized carbons (Fsp3) is 0.0870. The minimum absolute atomic E-state index is 0.480. The number of nitrogens with zero attached hydrogens (tertiary/aromatic N) is 5. The molecule has 0 saturated heterocycles. The quantitative estimate of drug-likeness (QED) is 0.347. The van der Waals surface area contributed by atoms with E-state index in [1.807, 2.05) is 31.2 Å². The minimum Gasteiger partial charge on any atom is -0.493 e. The van der Waals surface area contributed by atoms with Gasteiger partial charge >= 0.3 is 0 Å². The van der Waals surface area contributed by atoms with Crippen molar-refractivity contribution in [3.63, 3.8) is 0 Å². The Hall–Kier alpha value is -4.27. The van der Waals surface area contributed by atoms with Gasteiger partial charge in [-0.1, -0.05) is 24.3 Å². The van der Waals surface area contributed by atoms with Crippen molar-refractivity contribution in [2.45, 2.75) is 6.92 Å². The maximum atomic E-state index is 9.83. The Bertz CT molecular complexity index is 1350. The molecule has 2 aromatic heterocycles. The molecule has 2 aromatic carbocycles. The van der Waals surface area contributed by atoms with Gasteiger partial charge in [0.05, 0.1) is 39.6 Å². The molecular formula is C23H16N6OS. The first-order chi connectivity index (χ1) is 15.2. The molecule has 31 heavy (non-hydrogen) atoms. The van der Waals surface area contributed by atoms with E-state index < -0.39 is 0 Å². The van der Waals surface area contributed by atoms with Gasteiger partial charge < -0.3 is 4.74 Å². The molecule has 0 spiro atoms. The SMILES string of the molecule is CCOc1ccccc1-c1sc2c(NN=Cc3ccc(C#N)cc3)ncnc2c1C#N. The number of thiophene rings is 1. The molecule has 150 valence electrons. The summed E-state index contributed by atoms with van der Waals surface area (Å²) in [5, 5.41) is 23.0. The Labute approximate surface area is 182 Å². The van der Waals surface area contributed by atoms with Crippen LogP contribution in [0.15, 0.2) is 60.0 Å². The third-order valence-electron chi connectivity index (χ3n) is 4.44. The largest absolute Gasteiger partial charge is 0.493 e. The number of fused-ring (bicyclic) bond motifs is 1. The van der Waals surface area contributed by atoms with Crippen molar-refractivity contribution in [2.75, 3.05) is 12.0 Å². The number of aromatic nitrogens is 2. The molecule has 0 unspecified atom stereocenters. The number of anilines is 1. The molecule has 0 aliphatic heterocycles. The van der Waals surface area contributed by atoms with Crippen molar-refractivity contribution in [3.05, 3.63) is 71.5 Å². The van der Waals surface area contributed by atoms with Crippen LogP contribution in [0.1, 0.15) is 23.6 Å². The highest BCUT2D eigenvalue weighted by molar-refractivity contribution is 7.23. The Morgan fingerprint density at radius 1 is 1.10 bits per heavy atom. The average Bonchev–Trinajstić information content (AvgIpc) is 3.19. The maximum absolute atomic E-state index is 9.83. The summed E-state index contributed by atoms with van der Waals surface area (Å²) in [6.45, 7) is 2.45. The lowest BCUT2D eigenvalue weighted by Crippen LogP contribution is -1.95. The zero-order valence-electron chi connectivity index (χ0n) is 16.5. The van der Waals surface area contributed by atoms with Gasteiger partial charge in [0.25, 0.3) is 0 Å². The zero-order chi connectivity index (χ0) is 21.6.